The van der Waals surface area contributed by atoms with E-state index in [0.717, 1.165) is 16.8 Å². The molecule has 0 fully saturated rings. The summed E-state index contributed by atoms with van der Waals surface area (Å²) in [5.74, 6) is 0.273. The van der Waals surface area contributed by atoms with E-state index in [2.05, 4.69) is 44.4 Å². The largest absolute Gasteiger partial charge is 0.380 e. The van der Waals surface area contributed by atoms with Crippen molar-refractivity contribution in [2.45, 2.75) is 6.54 Å². The predicted molar refractivity (Wildman–Crippen MR) is 116 cm³/mol. The van der Waals surface area contributed by atoms with Crippen molar-refractivity contribution in [1.82, 2.24) is 14.5 Å². The van der Waals surface area contributed by atoms with E-state index in [1.54, 1.807) is 24.8 Å². The van der Waals surface area contributed by atoms with Crippen molar-refractivity contribution in [3.63, 3.8) is 0 Å². The monoisotopic (exact) mass is 380 g/mol. The van der Waals surface area contributed by atoms with Gasteiger partial charge in [0.2, 0.25) is 0 Å². The maximum Gasteiger partial charge on any atom is 0.171 e. The Hall–Kier alpha value is -4.06. The molecule has 2 aromatic heterocycles. The lowest BCUT2D eigenvalue weighted by Crippen LogP contribution is -2.15. The fourth-order valence-electron chi connectivity index (χ4n) is 2.90. The Morgan fingerprint density at radius 3 is 2.28 bits per heavy atom. The van der Waals surface area contributed by atoms with Gasteiger partial charge in [0, 0.05) is 18.6 Å². The number of nitrogens with two attached hydrogens (primary N) is 1. The van der Waals surface area contributed by atoms with Crippen LogP contribution < -0.4 is 5.73 Å². The molecule has 29 heavy (non-hydrogen) atoms. The van der Waals surface area contributed by atoms with E-state index in [1.165, 1.54) is 5.56 Å². The van der Waals surface area contributed by atoms with Crippen LogP contribution in [0.3, 0.4) is 0 Å². The summed E-state index contributed by atoms with van der Waals surface area (Å²) >= 11 is 0. The van der Waals surface area contributed by atoms with E-state index in [4.69, 9.17) is 5.73 Å². The molecule has 2 heterocycles. The van der Waals surface area contributed by atoms with Gasteiger partial charge < -0.3 is 10.3 Å². The summed E-state index contributed by atoms with van der Waals surface area (Å²) < 4.78 is 1.94. The molecule has 0 aliphatic rings. The van der Waals surface area contributed by atoms with Gasteiger partial charge in [-0.2, -0.15) is 5.10 Å². The molecule has 0 amide bonds. The fourth-order valence-corrected chi connectivity index (χ4v) is 2.90. The summed E-state index contributed by atoms with van der Waals surface area (Å²) in [6.45, 7) is 0.531. The van der Waals surface area contributed by atoms with Crippen LogP contribution in [0.4, 0.5) is 0 Å². The number of imidazole rings is 1. The van der Waals surface area contributed by atoms with Crippen LogP contribution in [0, 0.1) is 0 Å². The van der Waals surface area contributed by atoms with E-state index in [0.29, 0.717) is 12.2 Å². The first-order valence-corrected chi connectivity index (χ1v) is 9.22. The van der Waals surface area contributed by atoms with Gasteiger partial charge in [0.05, 0.1) is 18.6 Å². The molecule has 0 spiro atoms. The van der Waals surface area contributed by atoms with Gasteiger partial charge in [-0.15, -0.1) is 5.10 Å². The van der Waals surface area contributed by atoms with Gasteiger partial charge in [-0.05, 0) is 28.8 Å². The van der Waals surface area contributed by atoms with Crippen molar-refractivity contribution in [3.8, 4) is 11.1 Å². The van der Waals surface area contributed by atoms with Crippen molar-refractivity contribution >= 4 is 11.5 Å². The minimum Gasteiger partial charge on any atom is -0.380 e. The zero-order valence-corrected chi connectivity index (χ0v) is 15.8. The lowest BCUT2D eigenvalue weighted by molar-refractivity contribution is 0.846. The van der Waals surface area contributed by atoms with Gasteiger partial charge >= 0.3 is 0 Å². The standard InChI is InChI=1S/C23H20N6/c24-23(21-8-4-5-13-26-21)28-27-22(16-29-15-14-25-17-29)20-11-9-19(10-12-20)18-6-2-1-3-7-18/h1-15,17H,16H2,(H2,24,28)/b27-22+. The Bertz CT molecular complexity index is 1100. The molecule has 0 aliphatic heterocycles. The van der Waals surface area contributed by atoms with E-state index < -0.39 is 0 Å². The summed E-state index contributed by atoms with van der Waals surface area (Å²) in [6, 6.07) is 24.0. The van der Waals surface area contributed by atoms with Crippen molar-refractivity contribution in [1.29, 1.82) is 0 Å². The Labute approximate surface area is 169 Å². The van der Waals surface area contributed by atoms with E-state index in [1.807, 2.05) is 53.2 Å². The van der Waals surface area contributed by atoms with E-state index in [-0.39, 0.29) is 5.84 Å². The Morgan fingerprint density at radius 1 is 0.828 bits per heavy atom. The molecule has 2 aromatic carbocycles. The van der Waals surface area contributed by atoms with Gasteiger partial charge in [-0.1, -0.05) is 60.7 Å². The number of amidine groups is 1. The molecule has 6 heteroatoms. The molecule has 0 bridgehead atoms. The quantitative estimate of drug-likeness (QED) is 0.314. The van der Waals surface area contributed by atoms with Gasteiger partial charge in [-0.25, -0.2) is 4.98 Å². The smallest absolute Gasteiger partial charge is 0.171 e. The minimum atomic E-state index is 0.273. The van der Waals surface area contributed by atoms with Crippen LogP contribution >= 0.6 is 0 Å². The zero-order chi connectivity index (χ0) is 19.9. The highest BCUT2D eigenvalue weighted by molar-refractivity contribution is 6.02. The number of aromatic nitrogens is 3. The number of nitrogens with zero attached hydrogens (tertiary/aromatic N) is 5. The highest BCUT2D eigenvalue weighted by Crippen LogP contribution is 2.20. The van der Waals surface area contributed by atoms with Crippen molar-refractivity contribution in [2.75, 3.05) is 0 Å². The molecular formula is C23H20N6. The second-order valence-corrected chi connectivity index (χ2v) is 6.43. The minimum absolute atomic E-state index is 0.273. The zero-order valence-electron chi connectivity index (χ0n) is 15.8. The second kappa shape index (κ2) is 8.75. The molecule has 2 N–H and O–H groups in total. The molecule has 4 rings (SSSR count). The predicted octanol–water partition coefficient (Wildman–Crippen LogP) is 3.75. The molecule has 0 saturated carbocycles. The summed E-state index contributed by atoms with van der Waals surface area (Å²) in [5, 5.41) is 8.66. The maximum absolute atomic E-state index is 6.06. The highest BCUT2D eigenvalue weighted by atomic mass is 15.2. The lowest BCUT2D eigenvalue weighted by Gasteiger charge is -2.08. The second-order valence-electron chi connectivity index (χ2n) is 6.43. The summed E-state index contributed by atoms with van der Waals surface area (Å²) in [5.41, 5.74) is 10.7. The van der Waals surface area contributed by atoms with Crippen LogP contribution in [0.15, 0.2) is 108 Å². The van der Waals surface area contributed by atoms with Crippen LogP contribution in [0.25, 0.3) is 11.1 Å². The van der Waals surface area contributed by atoms with Gasteiger partial charge in [0.25, 0.3) is 0 Å². The molecular weight excluding hydrogens is 360 g/mol. The molecule has 4 aromatic rings. The molecule has 0 saturated heterocycles. The maximum atomic E-state index is 6.06. The van der Waals surface area contributed by atoms with Crippen molar-refractivity contribution in [2.24, 2.45) is 15.9 Å². The first-order valence-electron chi connectivity index (χ1n) is 9.22. The molecule has 0 aliphatic carbocycles. The topological polar surface area (TPSA) is 81.5 Å². The first-order chi connectivity index (χ1) is 14.3. The molecule has 0 atom stereocenters. The van der Waals surface area contributed by atoms with Gasteiger partial charge in [0.1, 0.15) is 5.69 Å². The summed E-state index contributed by atoms with van der Waals surface area (Å²) in [6.07, 6.45) is 7.05. The molecule has 6 nitrogen and oxygen atoms in total. The molecule has 0 unspecified atom stereocenters. The van der Waals surface area contributed by atoms with Crippen LogP contribution in [0.2, 0.25) is 0 Å². The van der Waals surface area contributed by atoms with Crippen molar-refractivity contribution in [3.05, 3.63) is 109 Å². The first kappa shape index (κ1) is 18.3. The number of benzene rings is 2. The van der Waals surface area contributed by atoms with Crippen LogP contribution in [-0.4, -0.2) is 26.1 Å². The fraction of sp³-hybridized carbons (Fsp3) is 0.0435. The third kappa shape index (κ3) is 4.62. The Kier molecular flexibility index (Phi) is 5.53. The summed E-state index contributed by atoms with van der Waals surface area (Å²) in [4.78, 5) is 8.31. The number of hydrogen-bond donors (Lipinski definition) is 1. The number of hydrogen-bond acceptors (Lipinski definition) is 4. The normalized spacial score (nSPS) is 12.1. The van der Waals surface area contributed by atoms with Crippen LogP contribution in [0.1, 0.15) is 11.3 Å². The average Bonchev–Trinajstić information content (AvgIpc) is 3.31. The van der Waals surface area contributed by atoms with E-state index in [9.17, 15) is 0 Å². The Balaban J connectivity index is 1.65. The summed E-state index contributed by atoms with van der Waals surface area (Å²) in [7, 11) is 0. The number of rotatable bonds is 6. The van der Waals surface area contributed by atoms with Crippen LogP contribution in [0.5, 0.6) is 0 Å². The number of pyridine rings is 1. The lowest BCUT2D eigenvalue weighted by atomic mass is 10.0. The van der Waals surface area contributed by atoms with Gasteiger partial charge in [0.15, 0.2) is 5.84 Å². The van der Waals surface area contributed by atoms with E-state index >= 15 is 0 Å². The SMILES string of the molecule is N/C(=N\N=C(/Cn1ccnc1)c1ccc(-c2ccccc2)cc1)c1ccccn1. The third-order valence-corrected chi connectivity index (χ3v) is 4.42. The van der Waals surface area contributed by atoms with Crippen molar-refractivity contribution < 1.29 is 0 Å². The Morgan fingerprint density at radius 2 is 1.59 bits per heavy atom. The average molecular weight is 380 g/mol. The highest BCUT2D eigenvalue weighted by Gasteiger charge is 2.07. The molecule has 142 valence electrons. The van der Waals surface area contributed by atoms with Crippen LogP contribution in [-0.2, 0) is 6.54 Å². The van der Waals surface area contributed by atoms with Gasteiger partial charge in [-0.3, -0.25) is 4.98 Å². The molecule has 0 radical (unpaired) electrons. The third-order valence-electron chi connectivity index (χ3n) is 4.42.